The lowest BCUT2D eigenvalue weighted by Gasteiger charge is -2.24. The molecule has 2 aromatic carbocycles. The van der Waals surface area contributed by atoms with Gasteiger partial charge in [0.05, 0.1) is 6.54 Å². The highest BCUT2D eigenvalue weighted by Gasteiger charge is 2.19. The monoisotopic (exact) mass is 426 g/mol. The van der Waals surface area contributed by atoms with E-state index in [1.807, 2.05) is 20.8 Å². The van der Waals surface area contributed by atoms with Crippen LogP contribution in [0, 0.1) is 5.41 Å². The summed E-state index contributed by atoms with van der Waals surface area (Å²) in [6.07, 6.45) is -0.400. The van der Waals surface area contributed by atoms with Gasteiger partial charge in [0.1, 0.15) is 23.8 Å². The molecule has 0 aliphatic rings. The molecule has 0 heterocycles. The van der Waals surface area contributed by atoms with E-state index in [4.69, 9.17) is 20.6 Å². The predicted molar refractivity (Wildman–Crippen MR) is 119 cm³/mol. The minimum absolute atomic E-state index is 0.0283. The number of amides is 2. The fraction of sp³-hybridized carbons (Fsp3) is 0.348. The number of nitrogens with zero attached hydrogens (tertiary/aromatic N) is 1. The van der Waals surface area contributed by atoms with Crippen molar-refractivity contribution in [1.29, 1.82) is 5.41 Å². The summed E-state index contributed by atoms with van der Waals surface area (Å²) in [6.45, 7) is 6.45. The molecule has 8 nitrogen and oxygen atoms in total. The van der Waals surface area contributed by atoms with Crippen molar-refractivity contribution in [3.05, 3.63) is 65.2 Å². The number of hydrogen-bond acceptors (Lipinski definition) is 5. The first-order chi connectivity index (χ1) is 14.5. The molecule has 0 fully saturated rings. The Balaban J connectivity index is 1.79. The molecule has 2 rings (SSSR count). The molecule has 2 amide bonds. The summed E-state index contributed by atoms with van der Waals surface area (Å²) in [5.74, 6) is 0.341. The number of amidine groups is 1. The second-order valence-electron chi connectivity index (χ2n) is 8.08. The van der Waals surface area contributed by atoms with E-state index in [1.165, 1.54) is 4.90 Å². The molecule has 0 unspecified atom stereocenters. The minimum atomic E-state index is -0.548. The highest BCUT2D eigenvalue weighted by Crippen LogP contribution is 2.13. The van der Waals surface area contributed by atoms with Gasteiger partial charge in [-0.3, -0.25) is 10.2 Å². The Morgan fingerprint density at radius 3 is 2.39 bits per heavy atom. The van der Waals surface area contributed by atoms with Gasteiger partial charge in [-0.1, -0.05) is 24.3 Å². The summed E-state index contributed by atoms with van der Waals surface area (Å²) in [4.78, 5) is 25.8. The van der Waals surface area contributed by atoms with Crippen molar-refractivity contribution in [2.75, 3.05) is 20.2 Å². The van der Waals surface area contributed by atoms with Crippen LogP contribution in [0.4, 0.5) is 4.79 Å². The molecule has 0 atom stereocenters. The zero-order valence-electron chi connectivity index (χ0n) is 18.4. The van der Waals surface area contributed by atoms with Gasteiger partial charge in [-0.2, -0.15) is 0 Å². The van der Waals surface area contributed by atoms with E-state index in [9.17, 15) is 9.59 Å². The van der Waals surface area contributed by atoms with Crippen molar-refractivity contribution in [2.24, 2.45) is 5.73 Å². The van der Waals surface area contributed by atoms with Gasteiger partial charge < -0.3 is 25.4 Å². The maximum Gasteiger partial charge on any atom is 0.410 e. The van der Waals surface area contributed by atoms with E-state index in [0.717, 1.165) is 5.56 Å². The Bertz CT molecular complexity index is 920. The zero-order chi connectivity index (χ0) is 23.0. The second-order valence-corrected chi connectivity index (χ2v) is 8.08. The first-order valence-electron chi connectivity index (χ1n) is 9.93. The molecule has 31 heavy (non-hydrogen) atoms. The molecule has 0 spiro atoms. The van der Waals surface area contributed by atoms with Crippen molar-refractivity contribution in [3.63, 3.8) is 0 Å². The molecule has 0 saturated heterocycles. The van der Waals surface area contributed by atoms with Crippen LogP contribution < -0.4 is 15.8 Å². The summed E-state index contributed by atoms with van der Waals surface area (Å²) < 4.78 is 10.9. The summed E-state index contributed by atoms with van der Waals surface area (Å²) in [5.41, 5.74) is 6.90. The van der Waals surface area contributed by atoms with Crippen LogP contribution in [0.2, 0.25) is 0 Å². The maximum absolute atomic E-state index is 12.3. The molecule has 0 radical (unpaired) electrons. The molecule has 0 saturated carbocycles. The van der Waals surface area contributed by atoms with Gasteiger partial charge in [0.15, 0.2) is 0 Å². The molecule has 0 aliphatic carbocycles. The normalized spacial score (nSPS) is 10.8. The Kier molecular flexibility index (Phi) is 8.01. The van der Waals surface area contributed by atoms with Crippen LogP contribution in [0.15, 0.2) is 48.5 Å². The lowest BCUT2D eigenvalue weighted by Crippen LogP contribution is -2.33. The van der Waals surface area contributed by atoms with Crippen LogP contribution in [-0.2, 0) is 11.3 Å². The Morgan fingerprint density at radius 1 is 1.10 bits per heavy atom. The van der Waals surface area contributed by atoms with E-state index in [2.05, 4.69) is 5.32 Å². The standard InChI is InChI=1S/C23H30N4O4/c1-23(2,3)31-22(29)27(4)15-16-8-10-17(11-9-16)21(28)26-12-13-30-19-7-5-6-18(14-19)20(24)25/h5-11,14H,12-13,15H2,1-4H3,(H3,24,25)(H,26,28). The van der Waals surface area contributed by atoms with Crippen LogP contribution in [0.3, 0.4) is 0 Å². The molecule has 0 aliphatic heterocycles. The van der Waals surface area contributed by atoms with Gasteiger partial charge >= 0.3 is 6.09 Å². The van der Waals surface area contributed by atoms with Crippen LogP contribution in [-0.4, -0.2) is 48.5 Å². The number of nitrogens with one attached hydrogen (secondary N) is 2. The van der Waals surface area contributed by atoms with E-state index in [0.29, 0.717) is 30.0 Å². The van der Waals surface area contributed by atoms with Crippen LogP contribution in [0.1, 0.15) is 42.3 Å². The predicted octanol–water partition coefficient (Wildman–Crippen LogP) is 3.15. The smallest absolute Gasteiger partial charge is 0.410 e. The Hall–Kier alpha value is -3.55. The maximum atomic E-state index is 12.3. The number of carbonyl (C=O) groups is 2. The van der Waals surface area contributed by atoms with E-state index >= 15 is 0 Å². The van der Waals surface area contributed by atoms with Gasteiger partial charge in [-0.05, 0) is 50.6 Å². The number of rotatable bonds is 8. The molecular weight excluding hydrogens is 396 g/mol. The number of carbonyl (C=O) groups excluding carboxylic acids is 2. The second kappa shape index (κ2) is 10.5. The van der Waals surface area contributed by atoms with E-state index in [-0.39, 0.29) is 18.3 Å². The summed E-state index contributed by atoms with van der Waals surface area (Å²) in [6, 6.07) is 14.0. The molecule has 4 N–H and O–H groups in total. The summed E-state index contributed by atoms with van der Waals surface area (Å²) >= 11 is 0. The SMILES string of the molecule is CN(Cc1ccc(C(=O)NCCOc2cccc(C(=N)N)c2)cc1)C(=O)OC(C)(C)C. The quantitative estimate of drug-likeness (QED) is 0.340. The molecule has 8 heteroatoms. The number of ether oxygens (including phenoxy) is 2. The van der Waals surface area contributed by atoms with Crippen LogP contribution in [0.5, 0.6) is 5.75 Å². The van der Waals surface area contributed by atoms with Gasteiger partial charge in [-0.25, -0.2) is 4.79 Å². The third-order valence-corrected chi connectivity index (χ3v) is 4.14. The fourth-order valence-corrected chi connectivity index (χ4v) is 2.63. The zero-order valence-corrected chi connectivity index (χ0v) is 18.4. The average Bonchev–Trinajstić information content (AvgIpc) is 2.70. The van der Waals surface area contributed by atoms with Gasteiger partial charge in [0, 0.05) is 24.7 Å². The lowest BCUT2D eigenvalue weighted by atomic mass is 10.1. The average molecular weight is 427 g/mol. The third kappa shape index (κ3) is 8.00. The van der Waals surface area contributed by atoms with Crippen molar-refractivity contribution in [2.45, 2.75) is 32.9 Å². The fourth-order valence-electron chi connectivity index (χ4n) is 2.63. The van der Waals surface area contributed by atoms with Crippen molar-refractivity contribution >= 4 is 17.8 Å². The van der Waals surface area contributed by atoms with Crippen LogP contribution in [0.25, 0.3) is 0 Å². The Morgan fingerprint density at radius 2 is 1.77 bits per heavy atom. The molecular formula is C23H30N4O4. The largest absolute Gasteiger partial charge is 0.492 e. The van der Waals surface area contributed by atoms with Crippen molar-refractivity contribution in [1.82, 2.24) is 10.2 Å². The first-order valence-corrected chi connectivity index (χ1v) is 9.93. The van der Waals surface area contributed by atoms with Gasteiger partial charge in [0.25, 0.3) is 5.91 Å². The third-order valence-electron chi connectivity index (χ3n) is 4.14. The molecule has 0 aromatic heterocycles. The lowest BCUT2D eigenvalue weighted by molar-refractivity contribution is 0.0285. The molecule has 0 bridgehead atoms. The number of benzene rings is 2. The number of nitrogens with two attached hydrogens (primary N) is 1. The summed E-state index contributed by atoms with van der Waals surface area (Å²) in [5, 5.41) is 10.2. The highest BCUT2D eigenvalue weighted by molar-refractivity contribution is 5.95. The minimum Gasteiger partial charge on any atom is -0.492 e. The topological polar surface area (TPSA) is 118 Å². The molecule has 166 valence electrons. The first kappa shape index (κ1) is 23.7. The van der Waals surface area contributed by atoms with E-state index in [1.54, 1.807) is 55.6 Å². The van der Waals surface area contributed by atoms with Crippen LogP contribution >= 0.6 is 0 Å². The highest BCUT2D eigenvalue weighted by atomic mass is 16.6. The van der Waals surface area contributed by atoms with Gasteiger partial charge in [-0.15, -0.1) is 0 Å². The van der Waals surface area contributed by atoms with Crippen molar-refractivity contribution < 1.29 is 19.1 Å². The van der Waals surface area contributed by atoms with E-state index < -0.39 is 11.7 Å². The number of nitrogen functional groups attached to an aromatic ring is 1. The Labute approximate surface area is 182 Å². The van der Waals surface area contributed by atoms with Gasteiger partial charge in [0.2, 0.25) is 0 Å². The summed E-state index contributed by atoms with van der Waals surface area (Å²) in [7, 11) is 1.67. The molecule has 2 aromatic rings. The van der Waals surface area contributed by atoms with Crippen molar-refractivity contribution in [3.8, 4) is 5.75 Å². The number of hydrogen-bond donors (Lipinski definition) is 3.